The average molecular weight is 335 g/mol. The predicted octanol–water partition coefficient (Wildman–Crippen LogP) is 3.43. The topological polar surface area (TPSA) is 73.0 Å². The van der Waals surface area contributed by atoms with Crippen LogP contribution in [0.2, 0.25) is 5.02 Å². The summed E-state index contributed by atoms with van der Waals surface area (Å²) < 4.78 is 20.7. The highest BCUT2D eigenvalue weighted by molar-refractivity contribution is 6.33. The Bertz CT molecular complexity index is 867. The van der Waals surface area contributed by atoms with Gasteiger partial charge in [-0.1, -0.05) is 22.8 Å². The van der Waals surface area contributed by atoms with E-state index in [0.29, 0.717) is 5.82 Å². The summed E-state index contributed by atoms with van der Waals surface area (Å²) >= 11 is 6.04. The SMILES string of the molecule is Cc1onc(-c2c(F)cccc2Cl)c1C(=O)Nc1ccn(C)n1. The first-order chi connectivity index (χ1) is 11.0. The third kappa shape index (κ3) is 2.83. The molecule has 0 fully saturated rings. The van der Waals surface area contributed by atoms with Crippen molar-refractivity contribution in [2.24, 2.45) is 7.05 Å². The lowest BCUT2D eigenvalue weighted by atomic mass is 10.0. The van der Waals surface area contributed by atoms with Crippen LogP contribution in [-0.4, -0.2) is 20.8 Å². The number of aryl methyl sites for hydroxylation is 2. The van der Waals surface area contributed by atoms with E-state index in [1.807, 2.05) is 0 Å². The fraction of sp³-hybridized carbons (Fsp3) is 0.133. The number of hydrogen-bond acceptors (Lipinski definition) is 4. The Labute approximate surface area is 135 Å². The number of amides is 1. The molecule has 0 unspecified atom stereocenters. The molecular formula is C15H12ClFN4O2. The lowest BCUT2D eigenvalue weighted by Gasteiger charge is -2.05. The Morgan fingerprint density at radius 3 is 2.83 bits per heavy atom. The van der Waals surface area contributed by atoms with Gasteiger partial charge in [0.1, 0.15) is 22.8 Å². The number of benzene rings is 1. The summed E-state index contributed by atoms with van der Waals surface area (Å²) in [7, 11) is 1.73. The van der Waals surface area contributed by atoms with Crippen molar-refractivity contribution in [1.82, 2.24) is 14.9 Å². The Morgan fingerprint density at radius 1 is 1.39 bits per heavy atom. The molecule has 8 heteroatoms. The largest absolute Gasteiger partial charge is 0.360 e. The second-order valence-electron chi connectivity index (χ2n) is 4.89. The molecular weight excluding hydrogens is 323 g/mol. The predicted molar refractivity (Wildman–Crippen MR) is 82.8 cm³/mol. The van der Waals surface area contributed by atoms with Gasteiger partial charge in [-0.3, -0.25) is 9.48 Å². The van der Waals surface area contributed by atoms with Crippen molar-refractivity contribution in [3.05, 3.63) is 52.6 Å². The van der Waals surface area contributed by atoms with Gasteiger partial charge in [0, 0.05) is 19.3 Å². The summed E-state index contributed by atoms with van der Waals surface area (Å²) in [5.41, 5.74) is 0.193. The van der Waals surface area contributed by atoms with E-state index < -0.39 is 11.7 Å². The van der Waals surface area contributed by atoms with Crippen LogP contribution in [0.25, 0.3) is 11.3 Å². The molecule has 3 aromatic rings. The van der Waals surface area contributed by atoms with Crippen molar-refractivity contribution in [3.63, 3.8) is 0 Å². The molecule has 0 radical (unpaired) electrons. The number of anilines is 1. The fourth-order valence-electron chi connectivity index (χ4n) is 2.19. The minimum Gasteiger partial charge on any atom is -0.360 e. The van der Waals surface area contributed by atoms with Gasteiger partial charge in [0.05, 0.1) is 10.6 Å². The van der Waals surface area contributed by atoms with Crippen LogP contribution in [0, 0.1) is 12.7 Å². The molecule has 0 aliphatic rings. The molecule has 0 spiro atoms. The van der Waals surface area contributed by atoms with Crippen molar-refractivity contribution in [3.8, 4) is 11.3 Å². The van der Waals surface area contributed by atoms with Crippen LogP contribution in [0.1, 0.15) is 16.1 Å². The third-order valence-electron chi connectivity index (χ3n) is 3.24. The number of nitrogens with zero attached hydrogens (tertiary/aromatic N) is 3. The van der Waals surface area contributed by atoms with Gasteiger partial charge in [-0.15, -0.1) is 0 Å². The van der Waals surface area contributed by atoms with E-state index in [2.05, 4.69) is 15.6 Å². The van der Waals surface area contributed by atoms with E-state index in [1.165, 1.54) is 18.2 Å². The minimum atomic E-state index is -0.585. The van der Waals surface area contributed by atoms with Crippen molar-refractivity contribution in [1.29, 1.82) is 0 Å². The van der Waals surface area contributed by atoms with Crippen LogP contribution in [0.3, 0.4) is 0 Å². The van der Waals surface area contributed by atoms with Gasteiger partial charge in [0.15, 0.2) is 5.82 Å². The van der Waals surface area contributed by atoms with Crippen LogP contribution in [0.4, 0.5) is 10.2 Å². The second kappa shape index (κ2) is 5.85. The molecule has 23 heavy (non-hydrogen) atoms. The first kappa shape index (κ1) is 15.2. The Hall–Kier alpha value is -2.67. The number of nitrogens with one attached hydrogen (secondary N) is 1. The number of halogens is 2. The molecule has 0 atom stereocenters. The highest BCUT2D eigenvalue weighted by Gasteiger charge is 2.25. The standard InChI is InChI=1S/C15H12ClFN4O2/c1-8-12(15(22)18-11-6-7-21(2)19-11)14(20-23-8)13-9(16)4-3-5-10(13)17/h3-7H,1-2H3,(H,18,19,22). The number of carbonyl (C=O) groups excluding carboxylic acids is 1. The van der Waals surface area contributed by atoms with Gasteiger partial charge in [0.2, 0.25) is 0 Å². The molecule has 118 valence electrons. The highest BCUT2D eigenvalue weighted by Crippen LogP contribution is 2.33. The minimum absolute atomic E-state index is 0.0252. The summed E-state index contributed by atoms with van der Waals surface area (Å²) in [6.07, 6.45) is 1.69. The molecule has 0 aliphatic carbocycles. The van der Waals surface area contributed by atoms with Gasteiger partial charge >= 0.3 is 0 Å². The first-order valence-corrected chi connectivity index (χ1v) is 7.07. The Morgan fingerprint density at radius 2 is 2.17 bits per heavy atom. The van der Waals surface area contributed by atoms with E-state index >= 15 is 0 Å². The Balaban J connectivity index is 2.04. The molecule has 3 rings (SSSR count). The number of aromatic nitrogens is 3. The Kier molecular flexibility index (Phi) is 3.87. The molecule has 2 aromatic heterocycles. The average Bonchev–Trinajstić information content (AvgIpc) is 3.05. The molecule has 2 heterocycles. The zero-order valence-corrected chi connectivity index (χ0v) is 13.1. The molecule has 0 saturated carbocycles. The van der Waals surface area contributed by atoms with Gasteiger partial charge in [-0.05, 0) is 19.1 Å². The normalized spacial score (nSPS) is 10.8. The van der Waals surface area contributed by atoms with Crippen molar-refractivity contribution >= 4 is 23.3 Å². The summed E-state index contributed by atoms with van der Waals surface area (Å²) in [5, 5.41) is 10.6. The quantitative estimate of drug-likeness (QED) is 0.796. The van der Waals surface area contributed by atoms with Crippen molar-refractivity contribution in [2.75, 3.05) is 5.32 Å². The monoisotopic (exact) mass is 334 g/mol. The molecule has 0 saturated heterocycles. The van der Waals surface area contributed by atoms with E-state index in [4.69, 9.17) is 16.1 Å². The van der Waals surface area contributed by atoms with Crippen LogP contribution in [0.5, 0.6) is 0 Å². The lowest BCUT2D eigenvalue weighted by molar-refractivity contribution is 0.102. The summed E-state index contributed by atoms with van der Waals surface area (Å²) in [5.74, 6) is -0.467. The molecule has 1 amide bonds. The zero-order chi connectivity index (χ0) is 16.6. The van der Waals surface area contributed by atoms with Gasteiger partial charge in [0.25, 0.3) is 5.91 Å². The summed E-state index contributed by atoms with van der Waals surface area (Å²) in [6, 6.07) is 5.87. The van der Waals surface area contributed by atoms with Gasteiger partial charge in [-0.25, -0.2) is 4.39 Å². The third-order valence-corrected chi connectivity index (χ3v) is 3.56. The second-order valence-corrected chi connectivity index (χ2v) is 5.29. The van der Waals surface area contributed by atoms with Crippen LogP contribution in [0.15, 0.2) is 35.0 Å². The highest BCUT2D eigenvalue weighted by atomic mass is 35.5. The van der Waals surface area contributed by atoms with Crippen LogP contribution < -0.4 is 5.32 Å². The van der Waals surface area contributed by atoms with Gasteiger partial charge < -0.3 is 9.84 Å². The maximum absolute atomic E-state index is 14.1. The lowest BCUT2D eigenvalue weighted by Crippen LogP contribution is -2.14. The molecule has 1 N–H and O–H groups in total. The molecule has 0 aliphatic heterocycles. The first-order valence-electron chi connectivity index (χ1n) is 6.69. The number of hydrogen-bond donors (Lipinski definition) is 1. The number of carbonyl (C=O) groups is 1. The smallest absolute Gasteiger partial charge is 0.262 e. The number of rotatable bonds is 3. The fourth-order valence-corrected chi connectivity index (χ4v) is 2.45. The van der Waals surface area contributed by atoms with E-state index in [-0.39, 0.29) is 27.6 Å². The van der Waals surface area contributed by atoms with E-state index in [0.717, 1.165) is 0 Å². The van der Waals surface area contributed by atoms with E-state index in [9.17, 15) is 9.18 Å². The molecule has 0 bridgehead atoms. The van der Waals surface area contributed by atoms with Crippen molar-refractivity contribution < 1.29 is 13.7 Å². The maximum Gasteiger partial charge on any atom is 0.262 e. The van der Waals surface area contributed by atoms with Crippen molar-refractivity contribution in [2.45, 2.75) is 6.92 Å². The van der Waals surface area contributed by atoms with E-state index in [1.54, 1.807) is 30.9 Å². The zero-order valence-electron chi connectivity index (χ0n) is 12.3. The van der Waals surface area contributed by atoms with Gasteiger partial charge in [-0.2, -0.15) is 5.10 Å². The molecule has 1 aromatic carbocycles. The summed E-state index contributed by atoms with van der Waals surface area (Å²) in [6.45, 7) is 1.57. The summed E-state index contributed by atoms with van der Waals surface area (Å²) in [4.78, 5) is 12.5. The molecule has 6 nitrogen and oxygen atoms in total. The van der Waals surface area contributed by atoms with Crippen LogP contribution >= 0.6 is 11.6 Å². The maximum atomic E-state index is 14.1. The van der Waals surface area contributed by atoms with Crippen LogP contribution in [-0.2, 0) is 7.05 Å².